The van der Waals surface area contributed by atoms with Gasteiger partial charge in [0.2, 0.25) is 0 Å². The lowest BCUT2D eigenvalue weighted by atomic mass is 10.2. The highest BCUT2D eigenvalue weighted by Crippen LogP contribution is 2.28. The summed E-state index contributed by atoms with van der Waals surface area (Å²) in [5, 5.41) is 7.80. The third kappa shape index (κ3) is 2.46. The maximum Gasteiger partial charge on any atom is 0.343 e. The van der Waals surface area contributed by atoms with E-state index >= 15 is 0 Å². The Balaban J connectivity index is 2.37. The number of hydrogen-bond donors (Lipinski definition) is 2. The molecule has 2 aromatic heterocycles. The number of nitrogens with zero attached hydrogens (tertiary/aromatic N) is 3. The Morgan fingerprint density at radius 1 is 1.61 bits per heavy atom. The summed E-state index contributed by atoms with van der Waals surface area (Å²) in [5.41, 5.74) is 6.63. The molecule has 0 radical (unpaired) electrons. The van der Waals surface area contributed by atoms with Crippen molar-refractivity contribution in [1.82, 2.24) is 19.7 Å². The number of hydrogen-bond acceptors (Lipinski definition) is 5. The number of H-pyrrole nitrogens is 1. The van der Waals surface area contributed by atoms with Gasteiger partial charge < -0.3 is 5.73 Å². The quantitative estimate of drug-likeness (QED) is 0.865. The Kier molecular flexibility index (Phi) is 3.83. The summed E-state index contributed by atoms with van der Waals surface area (Å²) in [5.74, 6) is 0. The molecular formula is C11H15N5OS. The summed E-state index contributed by atoms with van der Waals surface area (Å²) >= 11 is 1.34. The molecule has 0 bridgehead atoms. The van der Waals surface area contributed by atoms with Crippen LogP contribution in [0.1, 0.15) is 25.5 Å². The smallest absolute Gasteiger partial charge is 0.324 e. The molecule has 0 aliphatic carbocycles. The minimum atomic E-state index is -0.210. The molecule has 0 spiro atoms. The molecule has 96 valence electrons. The first-order valence-electron chi connectivity index (χ1n) is 5.67. The van der Waals surface area contributed by atoms with Gasteiger partial charge >= 0.3 is 5.69 Å². The van der Waals surface area contributed by atoms with E-state index in [4.69, 9.17) is 5.73 Å². The second kappa shape index (κ2) is 5.36. The molecule has 3 N–H and O–H groups in total. The third-order valence-electron chi connectivity index (χ3n) is 2.52. The first kappa shape index (κ1) is 12.8. The standard InChI is InChI=1S/C11H15N5OS/c1-3-16-10(17)14-15-11(16)18-9-8(7(2)12)5-4-6-13-9/h4-7H,3,12H2,1-2H3,(H,14,17). The van der Waals surface area contributed by atoms with Crippen molar-refractivity contribution in [1.29, 1.82) is 0 Å². The lowest BCUT2D eigenvalue weighted by molar-refractivity contribution is 0.659. The summed E-state index contributed by atoms with van der Waals surface area (Å²) in [7, 11) is 0. The van der Waals surface area contributed by atoms with E-state index in [1.54, 1.807) is 10.8 Å². The summed E-state index contributed by atoms with van der Waals surface area (Å²) in [6.07, 6.45) is 1.70. The van der Waals surface area contributed by atoms with Crippen molar-refractivity contribution in [2.45, 2.75) is 36.6 Å². The van der Waals surface area contributed by atoms with Gasteiger partial charge in [0.15, 0.2) is 5.16 Å². The van der Waals surface area contributed by atoms with Crippen LogP contribution in [0, 0.1) is 0 Å². The summed E-state index contributed by atoms with van der Waals surface area (Å²) in [6, 6.07) is 3.67. The summed E-state index contributed by atoms with van der Waals surface area (Å²) < 4.78 is 1.56. The van der Waals surface area contributed by atoms with Gasteiger partial charge in [-0.15, -0.1) is 5.10 Å². The molecule has 2 heterocycles. The van der Waals surface area contributed by atoms with Crippen LogP contribution >= 0.6 is 11.8 Å². The van der Waals surface area contributed by atoms with Crippen molar-refractivity contribution >= 4 is 11.8 Å². The molecular weight excluding hydrogens is 250 g/mol. The van der Waals surface area contributed by atoms with Crippen LogP contribution in [0.2, 0.25) is 0 Å². The highest BCUT2D eigenvalue weighted by atomic mass is 32.2. The van der Waals surface area contributed by atoms with Gasteiger partial charge in [0.25, 0.3) is 0 Å². The predicted molar refractivity (Wildman–Crippen MR) is 69.5 cm³/mol. The molecule has 1 atom stereocenters. The van der Waals surface area contributed by atoms with Crippen LogP contribution in [-0.2, 0) is 6.54 Å². The topological polar surface area (TPSA) is 89.6 Å². The van der Waals surface area contributed by atoms with Gasteiger partial charge in [0.1, 0.15) is 5.03 Å². The zero-order valence-corrected chi connectivity index (χ0v) is 11.1. The van der Waals surface area contributed by atoms with Crippen molar-refractivity contribution in [2.24, 2.45) is 5.73 Å². The second-order valence-electron chi connectivity index (χ2n) is 3.84. The third-order valence-corrected chi connectivity index (χ3v) is 3.55. The minimum Gasteiger partial charge on any atom is -0.324 e. The Morgan fingerprint density at radius 2 is 2.39 bits per heavy atom. The lowest BCUT2D eigenvalue weighted by Crippen LogP contribution is -2.16. The van der Waals surface area contributed by atoms with Crippen LogP contribution < -0.4 is 11.4 Å². The summed E-state index contributed by atoms with van der Waals surface area (Å²) in [6.45, 7) is 4.36. The van der Waals surface area contributed by atoms with Crippen molar-refractivity contribution in [2.75, 3.05) is 0 Å². The van der Waals surface area contributed by atoms with Crippen molar-refractivity contribution in [3.63, 3.8) is 0 Å². The minimum absolute atomic E-state index is 0.109. The van der Waals surface area contributed by atoms with E-state index in [0.29, 0.717) is 11.7 Å². The average Bonchev–Trinajstić information content (AvgIpc) is 2.70. The first-order valence-corrected chi connectivity index (χ1v) is 6.48. The molecule has 18 heavy (non-hydrogen) atoms. The highest BCUT2D eigenvalue weighted by Gasteiger charge is 2.13. The Bertz CT molecular complexity index is 589. The molecule has 7 heteroatoms. The predicted octanol–water partition coefficient (Wildman–Crippen LogP) is 1.16. The van der Waals surface area contributed by atoms with Crippen molar-refractivity contribution in [3.05, 3.63) is 34.4 Å². The number of nitrogens with one attached hydrogen (secondary N) is 1. The van der Waals surface area contributed by atoms with Crippen LogP contribution in [0.4, 0.5) is 0 Å². The van der Waals surface area contributed by atoms with E-state index in [-0.39, 0.29) is 11.7 Å². The molecule has 2 rings (SSSR count). The zero-order chi connectivity index (χ0) is 13.1. The fourth-order valence-corrected chi connectivity index (χ4v) is 2.65. The van der Waals surface area contributed by atoms with Gasteiger partial charge in [0, 0.05) is 24.3 Å². The fraction of sp³-hybridized carbons (Fsp3) is 0.364. The molecule has 0 aliphatic rings. The molecule has 0 fully saturated rings. The molecule has 0 amide bonds. The molecule has 1 unspecified atom stereocenters. The van der Waals surface area contributed by atoms with E-state index in [1.807, 2.05) is 26.0 Å². The van der Waals surface area contributed by atoms with E-state index in [2.05, 4.69) is 15.2 Å². The highest BCUT2D eigenvalue weighted by molar-refractivity contribution is 7.99. The monoisotopic (exact) mass is 265 g/mol. The van der Waals surface area contributed by atoms with Crippen LogP contribution in [0.25, 0.3) is 0 Å². The largest absolute Gasteiger partial charge is 0.343 e. The molecule has 6 nitrogen and oxygen atoms in total. The molecule has 0 aliphatic heterocycles. The van der Waals surface area contributed by atoms with Gasteiger partial charge in [-0.2, -0.15) is 0 Å². The Morgan fingerprint density at radius 3 is 3.06 bits per heavy atom. The normalized spacial score (nSPS) is 12.6. The maximum atomic E-state index is 11.5. The molecule has 2 aromatic rings. The van der Waals surface area contributed by atoms with Gasteiger partial charge in [-0.1, -0.05) is 6.07 Å². The van der Waals surface area contributed by atoms with Crippen LogP contribution in [-0.4, -0.2) is 19.7 Å². The van der Waals surface area contributed by atoms with Gasteiger partial charge in [0.05, 0.1) is 0 Å². The Labute approximate surface area is 109 Å². The molecule has 0 saturated heterocycles. The van der Waals surface area contributed by atoms with Crippen LogP contribution in [0.5, 0.6) is 0 Å². The van der Waals surface area contributed by atoms with E-state index < -0.39 is 0 Å². The Hall–Kier alpha value is -1.60. The SMILES string of the molecule is CCn1c(Sc2ncccc2C(C)N)n[nH]c1=O. The van der Waals surface area contributed by atoms with Gasteiger partial charge in [-0.05, 0) is 31.7 Å². The lowest BCUT2D eigenvalue weighted by Gasteiger charge is -2.10. The summed E-state index contributed by atoms with van der Waals surface area (Å²) in [4.78, 5) is 15.8. The number of nitrogens with two attached hydrogens (primary N) is 1. The molecule has 0 aromatic carbocycles. The number of pyridine rings is 1. The fourth-order valence-electron chi connectivity index (χ4n) is 1.58. The second-order valence-corrected chi connectivity index (χ2v) is 4.80. The van der Waals surface area contributed by atoms with Crippen LogP contribution in [0.15, 0.2) is 33.3 Å². The maximum absolute atomic E-state index is 11.5. The first-order chi connectivity index (χ1) is 8.63. The van der Waals surface area contributed by atoms with E-state index in [9.17, 15) is 4.79 Å². The van der Waals surface area contributed by atoms with E-state index in [1.165, 1.54) is 11.8 Å². The molecule has 0 saturated carbocycles. The zero-order valence-electron chi connectivity index (χ0n) is 10.3. The van der Waals surface area contributed by atoms with Gasteiger partial charge in [-0.3, -0.25) is 4.57 Å². The van der Waals surface area contributed by atoms with Crippen LogP contribution in [0.3, 0.4) is 0 Å². The average molecular weight is 265 g/mol. The van der Waals surface area contributed by atoms with E-state index in [0.717, 1.165) is 10.6 Å². The number of aromatic amines is 1. The van der Waals surface area contributed by atoms with Crippen molar-refractivity contribution < 1.29 is 0 Å². The number of rotatable bonds is 4. The van der Waals surface area contributed by atoms with Gasteiger partial charge in [-0.25, -0.2) is 14.9 Å². The van der Waals surface area contributed by atoms with Crippen molar-refractivity contribution in [3.8, 4) is 0 Å². The number of aromatic nitrogens is 4.